The predicted octanol–water partition coefficient (Wildman–Crippen LogP) is 22.5. The second-order valence-electron chi connectivity index (χ2n) is 26.2. The van der Waals surface area contributed by atoms with Gasteiger partial charge in [-0.05, 0) is 268 Å². The summed E-state index contributed by atoms with van der Waals surface area (Å²) in [5.41, 5.74) is 9.71. The number of hydrogen-bond donors (Lipinski definition) is 0. The maximum Gasteiger partial charge on any atom is 0.120 e. The summed E-state index contributed by atoms with van der Waals surface area (Å²) in [6.07, 6.45) is 0. The van der Waals surface area contributed by atoms with Crippen LogP contribution in [0.5, 0.6) is 23.0 Å². The highest BCUT2D eigenvalue weighted by Crippen LogP contribution is 2.58. The third kappa shape index (κ3) is 10.1. The topological polar surface area (TPSA) is 43.4 Å². The van der Waals surface area contributed by atoms with Crippen LogP contribution in [0.4, 0.5) is 34.1 Å². The fourth-order valence-electron chi connectivity index (χ4n) is 12.5. The van der Waals surface area contributed by atoms with E-state index in [1.807, 2.05) is 0 Å². The summed E-state index contributed by atoms with van der Waals surface area (Å²) >= 11 is 0. The van der Waals surface area contributed by atoms with Gasteiger partial charge >= 0.3 is 0 Å². The van der Waals surface area contributed by atoms with Crippen LogP contribution in [0.15, 0.2) is 218 Å². The first kappa shape index (κ1) is 54.0. The molecule has 0 N–H and O–H groups in total. The van der Waals surface area contributed by atoms with Gasteiger partial charge in [0, 0.05) is 33.5 Å². The molecule has 0 unspecified atom stereocenters. The van der Waals surface area contributed by atoms with E-state index >= 15 is 0 Å². The van der Waals surface area contributed by atoms with Crippen molar-refractivity contribution in [2.24, 2.45) is 0 Å². The fraction of sp³-hybridized carbons (Fsp3) is 0.205. The van der Waals surface area contributed by atoms with E-state index in [-0.39, 0.29) is 22.4 Å². The number of rotatable bonds is 12. The van der Waals surface area contributed by atoms with Gasteiger partial charge in [-0.1, -0.05) is 109 Å². The molecular formula is C78H72N2O4. The lowest BCUT2D eigenvalue weighted by molar-refractivity contribution is 0.130. The van der Waals surface area contributed by atoms with Crippen LogP contribution in [0.25, 0.3) is 86.9 Å². The lowest BCUT2D eigenvalue weighted by Crippen LogP contribution is -2.23. The lowest BCUT2D eigenvalue weighted by Gasteiger charge is -2.28. The third-order valence-corrected chi connectivity index (χ3v) is 15.3. The molecule has 6 heteroatoms. The van der Waals surface area contributed by atoms with Gasteiger partial charge in [-0.3, -0.25) is 0 Å². The maximum atomic E-state index is 6.36. The number of fused-ring (bicyclic) bond motifs is 6. The molecule has 0 saturated heterocycles. The Kier molecular flexibility index (Phi) is 13.0. The van der Waals surface area contributed by atoms with Crippen molar-refractivity contribution in [1.82, 2.24) is 0 Å². The average molecular weight is 1100 g/mol. The molecule has 0 aliphatic heterocycles. The summed E-state index contributed by atoms with van der Waals surface area (Å²) in [6.45, 7) is 25.0. The van der Waals surface area contributed by atoms with Gasteiger partial charge in [0.25, 0.3) is 0 Å². The smallest absolute Gasteiger partial charge is 0.120 e. The van der Waals surface area contributed by atoms with Gasteiger partial charge in [0.05, 0.1) is 11.4 Å². The van der Waals surface area contributed by atoms with Gasteiger partial charge in [-0.15, -0.1) is 0 Å². The molecule has 0 saturated carbocycles. The van der Waals surface area contributed by atoms with Crippen molar-refractivity contribution in [3.05, 3.63) is 218 Å². The number of nitrogens with zero attached hydrogens (tertiary/aromatic N) is 2. The van der Waals surface area contributed by atoms with E-state index in [2.05, 4.69) is 311 Å². The first-order valence-corrected chi connectivity index (χ1v) is 29.4. The van der Waals surface area contributed by atoms with Gasteiger partial charge < -0.3 is 28.7 Å². The molecule has 0 atom stereocenters. The Bertz CT molecular complexity index is 4060. The normalized spacial score (nSPS) is 12.5. The Morgan fingerprint density at radius 2 is 0.476 bits per heavy atom. The predicted molar refractivity (Wildman–Crippen MR) is 356 cm³/mol. The van der Waals surface area contributed by atoms with Crippen LogP contribution in [0.3, 0.4) is 0 Å². The van der Waals surface area contributed by atoms with Gasteiger partial charge in [-0.25, -0.2) is 0 Å². The van der Waals surface area contributed by atoms with Gasteiger partial charge in [0.1, 0.15) is 45.4 Å². The van der Waals surface area contributed by atoms with Crippen LogP contribution in [0.1, 0.15) is 83.1 Å². The molecule has 13 rings (SSSR count). The third-order valence-electron chi connectivity index (χ3n) is 15.3. The highest BCUT2D eigenvalue weighted by Gasteiger charge is 2.30. The van der Waals surface area contributed by atoms with E-state index in [9.17, 15) is 0 Å². The van der Waals surface area contributed by atoms with Crippen LogP contribution in [0, 0.1) is 0 Å². The Morgan fingerprint density at radius 3 is 0.738 bits per heavy atom. The number of benzene rings is 11. The Balaban J connectivity index is 1.10. The van der Waals surface area contributed by atoms with Crippen molar-refractivity contribution in [3.8, 4) is 45.3 Å². The zero-order chi connectivity index (χ0) is 58.5. The minimum Gasteiger partial charge on any atom is -0.488 e. The van der Waals surface area contributed by atoms with Crippen molar-refractivity contribution in [1.29, 1.82) is 0 Å². The largest absolute Gasteiger partial charge is 0.488 e. The molecular weight excluding hydrogens is 1030 g/mol. The molecule has 0 heterocycles. The number of anilines is 6. The Morgan fingerprint density at radius 1 is 0.226 bits per heavy atom. The van der Waals surface area contributed by atoms with Crippen molar-refractivity contribution in [2.75, 3.05) is 9.80 Å². The first-order chi connectivity index (χ1) is 40.1. The van der Waals surface area contributed by atoms with Gasteiger partial charge in [0.15, 0.2) is 0 Å². The Labute approximate surface area is 494 Å². The molecule has 13 aromatic rings. The number of hydrogen-bond acceptors (Lipinski definition) is 6. The SMILES string of the molecule is CC(C)(C)Oc1ccc(N(c2ccc(OC(C)(C)C)cc2)c2ccc3c4c(-c5ccccc5)c5c6cccc7c(N(c8ccc(OC(C)(C)C)cc8)c8ccc(OC(C)(C)C)cc8)ccc(c5c(-c5ccccc5)c4c4cccc2c43)c76)cc1. The van der Waals surface area contributed by atoms with E-state index in [1.165, 1.54) is 76.1 Å². The van der Waals surface area contributed by atoms with Crippen LogP contribution < -0.4 is 28.7 Å². The molecule has 13 aromatic carbocycles. The molecule has 418 valence electrons. The molecule has 0 fully saturated rings. The van der Waals surface area contributed by atoms with Crippen molar-refractivity contribution < 1.29 is 18.9 Å². The summed E-state index contributed by atoms with van der Waals surface area (Å²) < 4.78 is 25.5. The summed E-state index contributed by atoms with van der Waals surface area (Å²) in [4.78, 5) is 4.76. The summed E-state index contributed by atoms with van der Waals surface area (Å²) in [7, 11) is 0. The fourth-order valence-corrected chi connectivity index (χ4v) is 12.5. The summed E-state index contributed by atoms with van der Waals surface area (Å²) in [5, 5.41) is 14.6. The van der Waals surface area contributed by atoms with Crippen molar-refractivity contribution in [2.45, 2.75) is 105 Å². The van der Waals surface area contributed by atoms with Crippen LogP contribution in [-0.2, 0) is 0 Å². The maximum absolute atomic E-state index is 6.36. The minimum absolute atomic E-state index is 0.335. The molecule has 0 aliphatic carbocycles. The van der Waals surface area contributed by atoms with Crippen LogP contribution in [0.2, 0.25) is 0 Å². The highest BCUT2D eigenvalue weighted by atomic mass is 16.5. The molecule has 0 radical (unpaired) electrons. The van der Waals surface area contributed by atoms with E-state index < -0.39 is 0 Å². The second kappa shape index (κ2) is 20.3. The molecule has 0 amide bonds. The quantitative estimate of drug-likeness (QED) is 0.121. The van der Waals surface area contributed by atoms with Crippen molar-refractivity contribution in [3.63, 3.8) is 0 Å². The van der Waals surface area contributed by atoms with Gasteiger partial charge in [-0.2, -0.15) is 0 Å². The highest BCUT2D eigenvalue weighted by molar-refractivity contribution is 6.47. The van der Waals surface area contributed by atoms with E-state index in [0.717, 1.165) is 67.9 Å². The molecule has 6 nitrogen and oxygen atoms in total. The summed E-state index contributed by atoms with van der Waals surface area (Å²) in [6, 6.07) is 79.5. The molecule has 84 heavy (non-hydrogen) atoms. The van der Waals surface area contributed by atoms with E-state index in [4.69, 9.17) is 18.9 Å². The lowest BCUT2D eigenvalue weighted by atomic mass is 9.87. The molecule has 0 spiro atoms. The standard InChI is InChI=1S/C78H72N2O4/c1-75(2,3)81-55-37-29-51(30-38-55)79(52-31-39-56(40-32-52)82-76(4,5)6)65-47-45-63-69-59(65)25-19-27-61(69)71-67(49-21-15-13-16-22-49)74-64-46-48-66(60-26-20-28-62(70(60)64)72(74)68(73(63)71)50-23-17-14-18-24-50)80(53-33-41-57(42-34-53)83-77(7,8)9)54-35-43-58(44-36-54)84-78(10,11)12/h13-48H,1-12H3. The minimum atomic E-state index is -0.335. The van der Waals surface area contributed by atoms with Crippen molar-refractivity contribution >= 4 is 98.8 Å². The monoisotopic (exact) mass is 1100 g/mol. The molecule has 0 aliphatic rings. The Hall–Kier alpha value is -9.26. The first-order valence-electron chi connectivity index (χ1n) is 29.4. The zero-order valence-corrected chi connectivity index (χ0v) is 50.3. The summed E-state index contributed by atoms with van der Waals surface area (Å²) in [5.74, 6) is 3.30. The van der Waals surface area contributed by atoms with E-state index in [0.29, 0.717) is 0 Å². The van der Waals surface area contributed by atoms with E-state index in [1.54, 1.807) is 0 Å². The van der Waals surface area contributed by atoms with Crippen LogP contribution >= 0.6 is 0 Å². The van der Waals surface area contributed by atoms with Gasteiger partial charge in [0.2, 0.25) is 0 Å². The zero-order valence-electron chi connectivity index (χ0n) is 50.3. The average Bonchev–Trinajstić information content (AvgIpc) is 1.83. The molecule has 0 bridgehead atoms. The van der Waals surface area contributed by atoms with Crippen LogP contribution in [-0.4, -0.2) is 22.4 Å². The number of ether oxygens (including phenoxy) is 4. The molecule has 0 aromatic heterocycles. The second-order valence-corrected chi connectivity index (χ2v) is 26.2.